The van der Waals surface area contributed by atoms with Gasteiger partial charge in [-0.1, -0.05) is 23.2 Å². The number of anilines is 1. The number of amides is 2. The number of hydrazone groups is 1. The van der Waals surface area contributed by atoms with Crippen LogP contribution in [0, 0.1) is 12.8 Å². The summed E-state index contributed by atoms with van der Waals surface area (Å²) < 4.78 is 0. The van der Waals surface area contributed by atoms with Crippen molar-refractivity contribution in [3.63, 3.8) is 0 Å². The Balaban J connectivity index is 1.50. The predicted molar refractivity (Wildman–Crippen MR) is 119 cm³/mol. The Hall–Kier alpha value is -1.93. The number of rotatable bonds is 6. The number of nitrogens with zero attached hydrogens (tertiary/aromatic N) is 2. The van der Waals surface area contributed by atoms with Gasteiger partial charge in [-0.15, -0.1) is 11.3 Å². The van der Waals surface area contributed by atoms with E-state index in [2.05, 4.69) is 15.8 Å². The molecule has 1 fully saturated rings. The summed E-state index contributed by atoms with van der Waals surface area (Å²) in [5.74, 6) is -0.521. The predicted octanol–water partition coefficient (Wildman–Crippen LogP) is 4.16. The molecule has 2 amide bonds. The molecule has 1 aromatic carbocycles. The fourth-order valence-corrected chi connectivity index (χ4v) is 4.28. The Morgan fingerprint density at radius 2 is 2.17 bits per heavy atom. The second-order valence-electron chi connectivity index (χ2n) is 6.95. The van der Waals surface area contributed by atoms with Gasteiger partial charge in [0.05, 0.1) is 29.4 Å². The van der Waals surface area contributed by atoms with Gasteiger partial charge in [0.1, 0.15) is 0 Å². The molecule has 2 heterocycles. The Bertz CT molecular complexity index is 916. The standard InChI is InChI=1S/C20H22Cl2N4O2S/c1-13-6-8-29-18(13)10-23-25-20(28)14-3-2-7-26(11-14)12-19(27)24-17-9-15(21)4-5-16(17)22/h4-6,8-10,14H,2-3,7,11-12H2,1H3,(H,24,27)(H,25,28). The summed E-state index contributed by atoms with van der Waals surface area (Å²) in [5.41, 5.74) is 4.23. The van der Waals surface area contributed by atoms with Crippen LogP contribution in [0.15, 0.2) is 34.7 Å². The van der Waals surface area contributed by atoms with Crippen LogP contribution in [0.3, 0.4) is 0 Å². The fraction of sp³-hybridized carbons (Fsp3) is 0.350. The summed E-state index contributed by atoms with van der Waals surface area (Å²) in [6.07, 6.45) is 3.29. The average molecular weight is 453 g/mol. The molecule has 0 saturated carbocycles. The van der Waals surface area contributed by atoms with Crippen LogP contribution < -0.4 is 10.7 Å². The quantitative estimate of drug-likeness (QED) is 0.510. The highest BCUT2D eigenvalue weighted by molar-refractivity contribution is 7.11. The van der Waals surface area contributed by atoms with E-state index < -0.39 is 0 Å². The molecule has 0 bridgehead atoms. The molecular weight excluding hydrogens is 431 g/mol. The number of carbonyl (C=O) groups is 2. The molecule has 1 atom stereocenters. The minimum absolute atomic E-state index is 0.126. The zero-order valence-electron chi connectivity index (χ0n) is 16.0. The average Bonchev–Trinajstić information content (AvgIpc) is 3.09. The fourth-order valence-electron chi connectivity index (χ4n) is 3.16. The number of piperidine rings is 1. The van der Waals surface area contributed by atoms with Gasteiger partial charge in [0.2, 0.25) is 11.8 Å². The lowest BCUT2D eigenvalue weighted by atomic mass is 9.97. The minimum atomic E-state index is -0.201. The molecule has 0 radical (unpaired) electrons. The lowest BCUT2D eigenvalue weighted by Gasteiger charge is -2.31. The van der Waals surface area contributed by atoms with Gasteiger partial charge in [-0.25, -0.2) is 5.43 Å². The van der Waals surface area contributed by atoms with E-state index in [4.69, 9.17) is 23.2 Å². The van der Waals surface area contributed by atoms with Gasteiger partial charge in [0.25, 0.3) is 0 Å². The number of hydrogen-bond acceptors (Lipinski definition) is 5. The van der Waals surface area contributed by atoms with Gasteiger partial charge in [0, 0.05) is 16.4 Å². The van der Waals surface area contributed by atoms with Gasteiger partial charge in [-0.3, -0.25) is 14.5 Å². The summed E-state index contributed by atoms with van der Waals surface area (Å²) in [6, 6.07) is 6.92. The van der Waals surface area contributed by atoms with E-state index in [1.165, 1.54) is 0 Å². The Labute approximate surface area is 183 Å². The number of likely N-dealkylation sites (tertiary alicyclic amines) is 1. The zero-order chi connectivity index (χ0) is 20.8. The molecule has 2 N–H and O–H groups in total. The molecule has 154 valence electrons. The second kappa shape index (κ2) is 10.2. The van der Waals surface area contributed by atoms with Crippen LogP contribution in [0.25, 0.3) is 0 Å². The van der Waals surface area contributed by atoms with Crippen molar-refractivity contribution >= 4 is 58.3 Å². The first kappa shape index (κ1) is 21.8. The lowest BCUT2D eigenvalue weighted by molar-refractivity contribution is -0.127. The number of hydrogen-bond donors (Lipinski definition) is 2. The second-order valence-corrected chi connectivity index (χ2v) is 8.74. The van der Waals surface area contributed by atoms with Gasteiger partial charge in [-0.05, 0) is 61.5 Å². The highest BCUT2D eigenvalue weighted by Gasteiger charge is 2.26. The Morgan fingerprint density at radius 3 is 2.93 bits per heavy atom. The summed E-state index contributed by atoms with van der Waals surface area (Å²) in [5, 5.41) is 9.76. The van der Waals surface area contributed by atoms with Crippen LogP contribution in [-0.4, -0.2) is 42.6 Å². The maximum atomic E-state index is 12.4. The van der Waals surface area contributed by atoms with E-state index >= 15 is 0 Å². The maximum Gasteiger partial charge on any atom is 0.244 e. The van der Waals surface area contributed by atoms with E-state index in [0.717, 1.165) is 29.8 Å². The van der Waals surface area contributed by atoms with Crippen LogP contribution in [-0.2, 0) is 9.59 Å². The monoisotopic (exact) mass is 452 g/mol. The molecule has 1 aromatic heterocycles. The van der Waals surface area contributed by atoms with Crippen molar-refractivity contribution in [1.29, 1.82) is 0 Å². The lowest BCUT2D eigenvalue weighted by Crippen LogP contribution is -2.44. The first-order valence-corrected chi connectivity index (χ1v) is 10.9. The topological polar surface area (TPSA) is 73.8 Å². The van der Waals surface area contributed by atoms with Crippen LogP contribution in [0.5, 0.6) is 0 Å². The zero-order valence-corrected chi connectivity index (χ0v) is 18.3. The molecule has 9 heteroatoms. The highest BCUT2D eigenvalue weighted by Crippen LogP contribution is 2.25. The van der Waals surface area contributed by atoms with Crippen LogP contribution in [0.2, 0.25) is 10.0 Å². The molecule has 1 saturated heterocycles. The number of thiophene rings is 1. The van der Waals surface area contributed by atoms with Gasteiger partial charge < -0.3 is 5.32 Å². The van der Waals surface area contributed by atoms with E-state index in [0.29, 0.717) is 22.3 Å². The largest absolute Gasteiger partial charge is 0.324 e. The molecular formula is C20H22Cl2N4O2S. The van der Waals surface area contributed by atoms with Crippen molar-refractivity contribution in [2.45, 2.75) is 19.8 Å². The minimum Gasteiger partial charge on any atom is -0.324 e. The summed E-state index contributed by atoms with van der Waals surface area (Å²) in [6.45, 7) is 3.46. The van der Waals surface area contributed by atoms with Crippen molar-refractivity contribution in [3.8, 4) is 0 Å². The third kappa shape index (κ3) is 6.27. The van der Waals surface area contributed by atoms with Gasteiger partial charge in [-0.2, -0.15) is 5.10 Å². The summed E-state index contributed by atoms with van der Waals surface area (Å²) >= 11 is 13.6. The van der Waals surface area contributed by atoms with Crippen molar-refractivity contribution < 1.29 is 9.59 Å². The summed E-state index contributed by atoms with van der Waals surface area (Å²) in [4.78, 5) is 27.8. The van der Waals surface area contributed by atoms with Gasteiger partial charge >= 0.3 is 0 Å². The van der Waals surface area contributed by atoms with Crippen molar-refractivity contribution in [2.24, 2.45) is 11.0 Å². The number of halogens is 2. The number of carbonyl (C=O) groups excluding carboxylic acids is 2. The Kier molecular flexibility index (Phi) is 7.66. The van der Waals surface area contributed by atoms with Crippen LogP contribution in [0.4, 0.5) is 5.69 Å². The first-order valence-electron chi connectivity index (χ1n) is 9.26. The molecule has 0 spiro atoms. The molecule has 1 aliphatic heterocycles. The molecule has 3 rings (SSSR count). The first-order chi connectivity index (χ1) is 13.9. The Morgan fingerprint density at radius 1 is 1.34 bits per heavy atom. The number of aryl methyl sites for hydroxylation is 1. The van der Waals surface area contributed by atoms with Crippen molar-refractivity contribution in [3.05, 3.63) is 50.1 Å². The van der Waals surface area contributed by atoms with Crippen molar-refractivity contribution in [2.75, 3.05) is 25.0 Å². The highest BCUT2D eigenvalue weighted by atomic mass is 35.5. The number of nitrogens with one attached hydrogen (secondary N) is 2. The SMILES string of the molecule is Cc1ccsc1C=NNC(=O)C1CCCN(CC(=O)Nc2cc(Cl)ccc2Cl)C1. The molecule has 29 heavy (non-hydrogen) atoms. The van der Waals surface area contributed by atoms with Crippen LogP contribution >= 0.6 is 34.5 Å². The van der Waals surface area contributed by atoms with E-state index in [1.807, 2.05) is 23.3 Å². The molecule has 2 aromatic rings. The molecule has 6 nitrogen and oxygen atoms in total. The molecule has 1 aliphatic rings. The van der Waals surface area contributed by atoms with Crippen LogP contribution in [0.1, 0.15) is 23.3 Å². The van der Waals surface area contributed by atoms with E-state index in [9.17, 15) is 9.59 Å². The maximum absolute atomic E-state index is 12.4. The van der Waals surface area contributed by atoms with E-state index in [1.54, 1.807) is 35.8 Å². The van der Waals surface area contributed by atoms with Crippen molar-refractivity contribution in [1.82, 2.24) is 10.3 Å². The third-order valence-corrected chi connectivity index (χ3v) is 6.22. The smallest absolute Gasteiger partial charge is 0.244 e. The molecule has 0 aliphatic carbocycles. The van der Waals surface area contributed by atoms with Gasteiger partial charge in [0.15, 0.2) is 0 Å². The summed E-state index contributed by atoms with van der Waals surface area (Å²) in [7, 11) is 0. The number of benzene rings is 1. The molecule has 1 unspecified atom stereocenters. The third-order valence-electron chi connectivity index (χ3n) is 4.70. The normalized spacial score (nSPS) is 17.4. The van der Waals surface area contributed by atoms with E-state index in [-0.39, 0.29) is 24.3 Å².